The number of aromatic nitrogens is 4. The minimum Gasteiger partial charge on any atom is -0.379 e. The second-order valence-corrected chi connectivity index (χ2v) is 3.57. The molecule has 0 amide bonds. The Morgan fingerprint density at radius 2 is 2.38 bits per heavy atom. The largest absolute Gasteiger partial charge is 0.379 e. The van der Waals surface area contributed by atoms with Crippen molar-refractivity contribution >= 4 is 12.2 Å². The maximum atomic E-state index is 5.38. The summed E-state index contributed by atoms with van der Waals surface area (Å²) < 4.78 is 7.52. The van der Waals surface area contributed by atoms with Gasteiger partial charge in [-0.15, -0.1) is 0 Å². The summed E-state index contributed by atoms with van der Waals surface area (Å²) in [4.78, 5) is 0. The summed E-state index contributed by atoms with van der Waals surface area (Å²) in [5.74, 6) is 0.563. The number of nitrogens with one attached hydrogen (secondary N) is 1. The number of tetrazole rings is 1. The van der Waals surface area contributed by atoms with E-state index in [4.69, 9.17) is 17.0 Å². The molecule has 1 heterocycles. The Kier molecular flexibility index (Phi) is 4.04. The van der Waals surface area contributed by atoms with Crippen molar-refractivity contribution in [3.05, 3.63) is 4.77 Å². The molecule has 5 nitrogen and oxygen atoms in total. The van der Waals surface area contributed by atoms with Gasteiger partial charge in [-0.05, 0) is 18.1 Å². The predicted molar refractivity (Wildman–Crippen MR) is 50.9 cm³/mol. The molecule has 0 bridgehead atoms. The predicted octanol–water partition coefficient (Wildman–Crippen LogP) is 1.01. The Bertz CT molecular complexity index is 293. The lowest BCUT2D eigenvalue weighted by atomic mass is 10.2. The lowest BCUT2D eigenvalue weighted by Crippen LogP contribution is -2.10. The lowest BCUT2D eigenvalue weighted by Gasteiger charge is -2.05. The van der Waals surface area contributed by atoms with Crippen molar-refractivity contribution in [2.24, 2.45) is 5.92 Å². The van der Waals surface area contributed by atoms with Crippen molar-refractivity contribution in [3.63, 3.8) is 0 Å². The van der Waals surface area contributed by atoms with Gasteiger partial charge < -0.3 is 4.74 Å². The normalized spacial score (nSPS) is 11.0. The molecule has 0 radical (unpaired) electrons. The summed E-state index contributed by atoms with van der Waals surface area (Å²) in [7, 11) is 0. The maximum absolute atomic E-state index is 5.38. The van der Waals surface area contributed by atoms with Crippen LogP contribution in [0.3, 0.4) is 0 Å². The number of hydrogen-bond donors (Lipinski definition) is 1. The zero-order chi connectivity index (χ0) is 9.68. The molecular weight excluding hydrogens is 188 g/mol. The van der Waals surface area contributed by atoms with Crippen LogP contribution in [0.2, 0.25) is 0 Å². The molecule has 0 saturated heterocycles. The van der Waals surface area contributed by atoms with E-state index in [9.17, 15) is 0 Å². The number of aromatic amines is 1. The molecule has 74 valence electrons. The van der Waals surface area contributed by atoms with Gasteiger partial charge in [-0.2, -0.15) is 5.21 Å². The highest BCUT2D eigenvalue weighted by atomic mass is 32.1. The molecule has 1 rings (SSSR count). The van der Waals surface area contributed by atoms with Gasteiger partial charge in [0, 0.05) is 6.61 Å². The summed E-state index contributed by atoms with van der Waals surface area (Å²) in [6, 6.07) is 0. The molecule has 6 heteroatoms. The van der Waals surface area contributed by atoms with Crippen molar-refractivity contribution in [1.82, 2.24) is 20.2 Å². The molecule has 1 aromatic heterocycles. The molecule has 0 atom stereocenters. The van der Waals surface area contributed by atoms with Gasteiger partial charge >= 0.3 is 0 Å². The molecule has 13 heavy (non-hydrogen) atoms. The monoisotopic (exact) mass is 202 g/mol. The molecule has 0 fully saturated rings. The molecule has 0 aliphatic carbocycles. The van der Waals surface area contributed by atoms with E-state index >= 15 is 0 Å². The fraction of sp³-hybridized carbons (Fsp3) is 0.857. The maximum Gasteiger partial charge on any atom is 0.238 e. The first-order chi connectivity index (χ1) is 6.20. The Balaban J connectivity index is 2.21. The van der Waals surface area contributed by atoms with E-state index in [1.807, 2.05) is 0 Å². The first-order valence-corrected chi connectivity index (χ1v) is 4.66. The molecule has 0 saturated carbocycles. The van der Waals surface area contributed by atoms with Crippen LogP contribution < -0.4 is 0 Å². The Morgan fingerprint density at radius 1 is 1.62 bits per heavy atom. The van der Waals surface area contributed by atoms with Crippen molar-refractivity contribution in [2.45, 2.75) is 20.4 Å². The molecule has 0 aromatic carbocycles. The quantitative estimate of drug-likeness (QED) is 0.572. The standard InChI is InChI=1S/C7H14N4OS/c1-6(2)5-12-4-3-11-7(13)8-9-10-11/h6H,3-5H2,1-2H3,(H,8,10,13). The smallest absolute Gasteiger partial charge is 0.238 e. The highest BCUT2D eigenvalue weighted by Gasteiger charge is 1.96. The second-order valence-electron chi connectivity index (χ2n) is 3.20. The van der Waals surface area contributed by atoms with Crippen LogP contribution >= 0.6 is 12.2 Å². The Hall–Kier alpha value is -0.750. The summed E-state index contributed by atoms with van der Waals surface area (Å²) in [6.07, 6.45) is 0. The molecule has 1 aromatic rings. The number of ether oxygens (including phenoxy) is 1. The average Bonchev–Trinajstić information content (AvgIpc) is 2.45. The Morgan fingerprint density at radius 3 is 2.92 bits per heavy atom. The third-order valence-electron chi connectivity index (χ3n) is 1.44. The molecule has 0 aliphatic rings. The third-order valence-corrected chi connectivity index (χ3v) is 1.74. The SMILES string of the molecule is CC(C)COCCn1[nH]nnc1=S. The molecule has 0 aliphatic heterocycles. The van der Waals surface area contributed by atoms with Crippen LogP contribution in [0, 0.1) is 10.7 Å². The average molecular weight is 202 g/mol. The topological polar surface area (TPSA) is 55.7 Å². The highest BCUT2D eigenvalue weighted by molar-refractivity contribution is 7.71. The molecular formula is C7H14N4OS. The van der Waals surface area contributed by atoms with Crippen molar-refractivity contribution in [1.29, 1.82) is 0 Å². The van der Waals surface area contributed by atoms with Gasteiger partial charge in [-0.25, -0.2) is 4.68 Å². The lowest BCUT2D eigenvalue weighted by molar-refractivity contribution is 0.100. The van der Waals surface area contributed by atoms with Gasteiger partial charge in [0.25, 0.3) is 0 Å². The fourth-order valence-electron chi connectivity index (χ4n) is 0.836. The summed E-state index contributed by atoms with van der Waals surface area (Å²) in [5.41, 5.74) is 0. The Labute approximate surface area is 82.1 Å². The van der Waals surface area contributed by atoms with Gasteiger partial charge in [0.05, 0.1) is 13.2 Å². The van der Waals surface area contributed by atoms with Gasteiger partial charge in [-0.1, -0.05) is 24.2 Å². The number of H-pyrrole nitrogens is 1. The molecule has 0 unspecified atom stereocenters. The van der Waals surface area contributed by atoms with Gasteiger partial charge in [0.15, 0.2) is 0 Å². The first kappa shape index (κ1) is 10.3. The van der Waals surface area contributed by atoms with Crippen LogP contribution in [0.25, 0.3) is 0 Å². The first-order valence-electron chi connectivity index (χ1n) is 4.26. The minimum atomic E-state index is 0.466. The number of nitrogens with zero attached hydrogens (tertiary/aromatic N) is 3. The van der Waals surface area contributed by atoms with Gasteiger partial charge in [-0.3, -0.25) is 0 Å². The molecule has 0 spiro atoms. The highest BCUT2D eigenvalue weighted by Crippen LogP contribution is 1.92. The fourth-order valence-corrected chi connectivity index (χ4v) is 1.01. The van der Waals surface area contributed by atoms with Crippen LogP contribution in [0.1, 0.15) is 13.8 Å². The van der Waals surface area contributed by atoms with E-state index in [1.165, 1.54) is 0 Å². The minimum absolute atomic E-state index is 0.466. The summed E-state index contributed by atoms with van der Waals surface area (Å²) in [6.45, 7) is 6.32. The van der Waals surface area contributed by atoms with Crippen LogP contribution in [-0.2, 0) is 11.3 Å². The summed E-state index contributed by atoms with van der Waals surface area (Å²) >= 11 is 4.89. The van der Waals surface area contributed by atoms with Gasteiger partial charge in [0.2, 0.25) is 4.77 Å². The number of hydrogen-bond acceptors (Lipinski definition) is 4. The zero-order valence-corrected chi connectivity index (χ0v) is 8.67. The number of rotatable bonds is 5. The van der Waals surface area contributed by atoms with E-state index < -0.39 is 0 Å². The van der Waals surface area contributed by atoms with E-state index in [1.54, 1.807) is 4.68 Å². The van der Waals surface area contributed by atoms with Crippen LogP contribution in [0.5, 0.6) is 0 Å². The molecule has 1 N–H and O–H groups in total. The van der Waals surface area contributed by atoms with E-state index in [2.05, 4.69) is 29.4 Å². The third kappa shape index (κ3) is 3.65. The van der Waals surface area contributed by atoms with E-state index in [0.717, 1.165) is 6.61 Å². The van der Waals surface area contributed by atoms with Crippen molar-refractivity contribution < 1.29 is 4.74 Å². The second kappa shape index (κ2) is 5.08. The zero-order valence-electron chi connectivity index (χ0n) is 7.86. The summed E-state index contributed by atoms with van der Waals surface area (Å²) in [5, 5.41) is 9.88. The van der Waals surface area contributed by atoms with Gasteiger partial charge in [0.1, 0.15) is 0 Å². The van der Waals surface area contributed by atoms with Crippen molar-refractivity contribution in [2.75, 3.05) is 13.2 Å². The van der Waals surface area contributed by atoms with E-state index in [-0.39, 0.29) is 0 Å². The van der Waals surface area contributed by atoms with Crippen LogP contribution in [0.15, 0.2) is 0 Å². The van der Waals surface area contributed by atoms with Crippen molar-refractivity contribution in [3.8, 4) is 0 Å². The van der Waals surface area contributed by atoms with Crippen LogP contribution in [0.4, 0.5) is 0 Å². The van der Waals surface area contributed by atoms with E-state index in [0.29, 0.717) is 23.8 Å². The van der Waals surface area contributed by atoms with Crippen LogP contribution in [-0.4, -0.2) is 33.4 Å².